The molecule has 4 aliphatic rings. The molecule has 2 N–H and O–H groups in total. The molecular formula is C15H18Cl2N2O3. The summed E-state index contributed by atoms with van der Waals surface area (Å²) in [6.07, 6.45) is 7.69. The number of nitrogens with one attached hydrogen (secondary N) is 1. The van der Waals surface area contributed by atoms with E-state index in [1.807, 2.05) is 0 Å². The molecule has 0 aromatic rings. The zero-order chi connectivity index (χ0) is 15.9. The van der Waals surface area contributed by atoms with Gasteiger partial charge in [-0.3, -0.25) is 4.79 Å². The molecule has 1 amide bonds. The van der Waals surface area contributed by atoms with E-state index in [-0.39, 0.29) is 16.4 Å². The smallest absolute Gasteiger partial charge is 0.348 e. The summed E-state index contributed by atoms with van der Waals surface area (Å²) in [5.41, 5.74) is 2.23. The van der Waals surface area contributed by atoms with Crippen molar-refractivity contribution >= 4 is 41.3 Å². The summed E-state index contributed by atoms with van der Waals surface area (Å²) in [6, 6.07) is 0. The van der Waals surface area contributed by atoms with Crippen molar-refractivity contribution in [1.29, 1.82) is 0 Å². The van der Waals surface area contributed by atoms with E-state index < -0.39 is 11.0 Å². The van der Waals surface area contributed by atoms with Crippen molar-refractivity contribution in [3.63, 3.8) is 0 Å². The lowest BCUT2D eigenvalue weighted by Gasteiger charge is -2.55. The van der Waals surface area contributed by atoms with Crippen molar-refractivity contribution in [1.82, 2.24) is 5.43 Å². The molecule has 0 spiro atoms. The predicted molar refractivity (Wildman–Crippen MR) is 83.6 cm³/mol. The highest BCUT2D eigenvalue weighted by Gasteiger charge is 2.54. The predicted octanol–water partition coefficient (Wildman–Crippen LogP) is 3.08. The van der Waals surface area contributed by atoms with E-state index in [2.05, 4.69) is 10.5 Å². The lowest BCUT2D eigenvalue weighted by atomic mass is 9.49. The van der Waals surface area contributed by atoms with Gasteiger partial charge in [0.25, 0.3) is 0 Å². The molecule has 0 unspecified atom stereocenters. The van der Waals surface area contributed by atoms with Gasteiger partial charge in [-0.05, 0) is 56.3 Å². The van der Waals surface area contributed by atoms with E-state index in [1.54, 1.807) is 0 Å². The largest absolute Gasteiger partial charge is 0.477 e. The lowest BCUT2D eigenvalue weighted by Crippen LogP contribution is -2.52. The van der Waals surface area contributed by atoms with Crippen LogP contribution in [0, 0.1) is 23.2 Å². The number of carboxylic acid groups (broad SMARTS) is 1. The zero-order valence-electron chi connectivity index (χ0n) is 12.0. The van der Waals surface area contributed by atoms with Crippen molar-refractivity contribution in [2.24, 2.45) is 28.3 Å². The number of nitrogens with zero attached hydrogens (tertiary/aromatic N) is 1. The Balaban J connectivity index is 1.65. The molecule has 0 aliphatic heterocycles. The molecule has 22 heavy (non-hydrogen) atoms. The fraction of sp³-hybridized carbons (Fsp3) is 0.667. The average Bonchev–Trinajstić information content (AvgIpc) is 2.44. The number of hydrogen-bond acceptors (Lipinski definition) is 3. The molecule has 0 heterocycles. The molecule has 5 nitrogen and oxygen atoms in total. The number of hydrazone groups is 1. The maximum absolute atomic E-state index is 12.5. The van der Waals surface area contributed by atoms with Gasteiger partial charge in [0.2, 0.25) is 5.91 Å². The fourth-order valence-electron chi connectivity index (χ4n) is 4.81. The van der Waals surface area contributed by atoms with Gasteiger partial charge < -0.3 is 5.11 Å². The highest BCUT2D eigenvalue weighted by Crippen LogP contribution is 2.60. The SMILES string of the molecule is O=C(O)/C(Cl)=C(Cl)\C=N\NC(=O)C12CC3CC(CC(C3)C1)C2. The lowest BCUT2D eigenvalue weighted by molar-refractivity contribution is -0.146. The van der Waals surface area contributed by atoms with E-state index in [1.165, 1.54) is 19.3 Å². The van der Waals surface area contributed by atoms with E-state index in [0.717, 1.165) is 25.5 Å². The minimum atomic E-state index is -1.33. The van der Waals surface area contributed by atoms with Gasteiger partial charge in [-0.25, -0.2) is 10.2 Å². The van der Waals surface area contributed by atoms with Crippen LogP contribution in [0.4, 0.5) is 0 Å². The first-order valence-electron chi connectivity index (χ1n) is 7.52. The number of rotatable bonds is 4. The number of halogens is 2. The Hall–Kier alpha value is -1.07. The Labute approximate surface area is 138 Å². The first-order valence-corrected chi connectivity index (χ1v) is 8.27. The Kier molecular flexibility index (Phi) is 4.21. The molecule has 0 radical (unpaired) electrons. The van der Waals surface area contributed by atoms with Crippen LogP contribution in [-0.4, -0.2) is 23.2 Å². The summed E-state index contributed by atoms with van der Waals surface area (Å²) in [7, 11) is 0. The minimum Gasteiger partial charge on any atom is -0.477 e. The number of carbonyl (C=O) groups excluding carboxylic acids is 1. The third-order valence-corrected chi connectivity index (χ3v) is 6.01. The number of amides is 1. The molecule has 4 rings (SSSR count). The van der Waals surface area contributed by atoms with Crippen LogP contribution < -0.4 is 5.43 Å². The second-order valence-electron chi connectivity index (χ2n) is 6.86. The molecule has 0 atom stereocenters. The third kappa shape index (κ3) is 2.88. The Morgan fingerprint density at radius 2 is 1.59 bits per heavy atom. The van der Waals surface area contributed by atoms with Crippen molar-refractivity contribution in [3.05, 3.63) is 10.1 Å². The number of carbonyl (C=O) groups is 2. The number of hydrogen-bond donors (Lipinski definition) is 2. The first-order chi connectivity index (χ1) is 10.4. The molecule has 0 aromatic heterocycles. The Morgan fingerprint density at radius 1 is 1.09 bits per heavy atom. The summed E-state index contributed by atoms with van der Waals surface area (Å²) in [6.45, 7) is 0. The normalized spacial score (nSPS) is 37.3. The van der Waals surface area contributed by atoms with E-state index in [4.69, 9.17) is 28.3 Å². The molecule has 0 saturated heterocycles. The van der Waals surface area contributed by atoms with Crippen molar-refractivity contribution < 1.29 is 14.7 Å². The monoisotopic (exact) mass is 344 g/mol. The first kappa shape index (κ1) is 15.8. The summed E-state index contributed by atoms with van der Waals surface area (Å²) < 4.78 is 0. The van der Waals surface area contributed by atoms with Crippen LogP contribution >= 0.6 is 23.2 Å². The second-order valence-corrected chi connectivity index (χ2v) is 7.65. The summed E-state index contributed by atoms with van der Waals surface area (Å²) >= 11 is 11.2. The maximum atomic E-state index is 12.5. The van der Waals surface area contributed by atoms with Crippen LogP contribution in [0.25, 0.3) is 0 Å². The van der Waals surface area contributed by atoms with Gasteiger partial charge in [0.05, 0.1) is 16.7 Å². The van der Waals surface area contributed by atoms with Crippen LogP contribution in [0.1, 0.15) is 38.5 Å². The van der Waals surface area contributed by atoms with Crippen LogP contribution in [0.2, 0.25) is 0 Å². The van der Waals surface area contributed by atoms with E-state index >= 15 is 0 Å². The average molecular weight is 345 g/mol. The molecule has 7 heteroatoms. The molecule has 0 aromatic carbocycles. The van der Waals surface area contributed by atoms with Gasteiger partial charge in [0.1, 0.15) is 5.03 Å². The van der Waals surface area contributed by atoms with Gasteiger partial charge in [-0.15, -0.1) is 0 Å². The topological polar surface area (TPSA) is 78.8 Å². The number of carboxylic acids is 1. The maximum Gasteiger partial charge on any atom is 0.348 e. The summed E-state index contributed by atoms with van der Waals surface area (Å²) in [5, 5.41) is 11.7. The van der Waals surface area contributed by atoms with Gasteiger partial charge in [-0.1, -0.05) is 23.2 Å². The van der Waals surface area contributed by atoms with Crippen LogP contribution in [0.3, 0.4) is 0 Å². The zero-order valence-corrected chi connectivity index (χ0v) is 13.5. The molecule has 4 saturated carbocycles. The summed E-state index contributed by atoms with van der Waals surface area (Å²) in [4.78, 5) is 23.2. The standard InChI is InChI=1S/C15H18Cl2N2O3/c16-11(12(17)13(20)21)7-18-19-14(22)15-4-8-1-9(5-15)3-10(2-8)6-15/h7-10H,1-6H2,(H,19,22)(H,20,21)/b12-11-,18-7+. The number of allylic oxidation sites excluding steroid dienone is 1. The van der Waals surface area contributed by atoms with Crippen molar-refractivity contribution in [2.75, 3.05) is 0 Å². The third-order valence-electron chi connectivity index (χ3n) is 5.26. The van der Waals surface area contributed by atoms with Crippen molar-refractivity contribution in [2.45, 2.75) is 38.5 Å². The van der Waals surface area contributed by atoms with Crippen LogP contribution in [-0.2, 0) is 9.59 Å². The highest BCUT2D eigenvalue weighted by atomic mass is 35.5. The Bertz CT molecular complexity index is 536. The van der Waals surface area contributed by atoms with Gasteiger partial charge in [-0.2, -0.15) is 5.10 Å². The van der Waals surface area contributed by atoms with Crippen LogP contribution in [0.5, 0.6) is 0 Å². The fourth-order valence-corrected chi connectivity index (χ4v) is 4.99. The summed E-state index contributed by atoms with van der Waals surface area (Å²) in [5.74, 6) is 0.618. The molecular weight excluding hydrogens is 327 g/mol. The molecule has 4 bridgehead atoms. The van der Waals surface area contributed by atoms with E-state index in [9.17, 15) is 9.59 Å². The molecule has 4 fully saturated rings. The van der Waals surface area contributed by atoms with Crippen molar-refractivity contribution in [3.8, 4) is 0 Å². The molecule has 120 valence electrons. The van der Waals surface area contributed by atoms with E-state index in [0.29, 0.717) is 17.8 Å². The van der Waals surface area contributed by atoms with Crippen LogP contribution in [0.15, 0.2) is 15.2 Å². The molecule has 4 aliphatic carbocycles. The minimum absolute atomic E-state index is 0.0706. The highest BCUT2D eigenvalue weighted by molar-refractivity contribution is 6.51. The van der Waals surface area contributed by atoms with Gasteiger partial charge in [0, 0.05) is 0 Å². The van der Waals surface area contributed by atoms with Gasteiger partial charge >= 0.3 is 5.97 Å². The van der Waals surface area contributed by atoms with Gasteiger partial charge in [0.15, 0.2) is 0 Å². The second kappa shape index (κ2) is 5.85. The Morgan fingerprint density at radius 3 is 2.05 bits per heavy atom. The number of aliphatic carboxylic acids is 1. The quantitative estimate of drug-likeness (QED) is 0.467.